The van der Waals surface area contributed by atoms with Gasteiger partial charge in [0.25, 0.3) is 6.43 Å². The average Bonchev–Trinajstić information content (AvgIpc) is 2.15. The fraction of sp³-hybridized carbons (Fsp3) is 0.250. The lowest BCUT2D eigenvalue weighted by atomic mass is 10.1. The van der Waals surface area contributed by atoms with Crippen LogP contribution in [-0.4, -0.2) is 16.1 Å². The Balaban J connectivity index is 3.37. The minimum Gasteiger partial charge on any atom is -0.478 e. The van der Waals surface area contributed by atoms with Gasteiger partial charge in [-0.3, -0.25) is 0 Å². The minimum atomic E-state index is -2.77. The number of aromatic nitrogens is 1. The van der Waals surface area contributed by atoms with Gasteiger partial charge >= 0.3 is 5.97 Å². The molecule has 4 nitrogen and oxygen atoms in total. The van der Waals surface area contributed by atoms with Crippen LogP contribution in [0, 0.1) is 0 Å². The van der Waals surface area contributed by atoms with Crippen molar-refractivity contribution in [2.75, 3.05) is 5.73 Å². The monoisotopic (exact) mass is 280 g/mol. The molecule has 0 saturated heterocycles. The van der Waals surface area contributed by atoms with Crippen LogP contribution in [0.15, 0.2) is 6.07 Å². The van der Waals surface area contributed by atoms with Gasteiger partial charge in [0.05, 0.1) is 0 Å². The van der Waals surface area contributed by atoms with Crippen molar-refractivity contribution in [2.45, 2.75) is 11.8 Å². The molecular formula is C8H7BrF2N2O2. The van der Waals surface area contributed by atoms with E-state index >= 15 is 0 Å². The quantitative estimate of drug-likeness (QED) is 0.833. The maximum atomic E-state index is 12.3. The van der Waals surface area contributed by atoms with E-state index in [1.807, 2.05) is 0 Å². The predicted octanol–water partition coefficient (Wildman–Crippen LogP) is 2.19. The topological polar surface area (TPSA) is 76.2 Å². The van der Waals surface area contributed by atoms with Crippen LogP contribution in [0.1, 0.15) is 28.0 Å². The van der Waals surface area contributed by atoms with Gasteiger partial charge in [-0.1, -0.05) is 15.9 Å². The Labute approximate surface area is 92.2 Å². The normalized spacial score (nSPS) is 10.7. The lowest BCUT2D eigenvalue weighted by Crippen LogP contribution is -2.10. The van der Waals surface area contributed by atoms with Crippen molar-refractivity contribution in [1.82, 2.24) is 4.98 Å². The Kier molecular flexibility index (Phi) is 3.57. The summed E-state index contributed by atoms with van der Waals surface area (Å²) in [4.78, 5) is 14.1. The molecule has 0 aliphatic heterocycles. The number of alkyl halides is 3. The zero-order chi connectivity index (χ0) is 11.6. The number of carboxylic acid groups (broad SMARTS) is 1. The molecular weight excluding hydrogens is 274 g/mol. The van der Waals surface area contributed by atoms with Crippen LogP contribution in [-0.2, 0) is 5.33 Å². The Morgan fingerprint density at radius 3 is 2.67 bits per heavy atom. The molecule has 0 atom stereocenters. The SMILES string of the molecule is Nc1nc(C(F)F)cc(CBr)c1C(=O)O. The third-order valence-corrected chi connectivity index (χ3v) is 2.33. The van der Waals surface area contributed by atoms with Crippen LogP contribution in [0.4, 0.5) is 14.6 Å². The maximum Gasteiger partial charge on any atom is 0.339 e. The van der Waals surface area contributed by atoms with Crippen molar-refractivity contribution in [1.29, 1.82) is 0 Å². The highest BCUT2D eigenvalue weighted by molar-refractivity contribution is 9.08. The number of aromatic carboxylic acids is 1. The molecule has 0 aliphatic rings. The number of nitrogen functional groups attached to an aromatic ring is 1. The Morgan fingerprint density at radius 2 is 2.27 bits per heavy atom. The summed E-state index contributed by atoms with van der Waals surface area (Å²) in [5.41, 5.74) is 4.71. The van der Waals surface area contributed by atoms with Gasteiger partial charge in [0.1, 0.15) is 17.1 Å². The smallest absolute Gasteiger partial charge is 0.339 e. The first-order valence-electron chi connectivity index (χ1n) is 3.84. The first-order valence-corrected chi connectivity index (χ1v) is 4.96. The summed E-state index contributed by atoms with van der Waals surface area (Å²) < 4.78 is 24.6. The second-order valence-corrected chi connectivity index (χ2v) is 3.27. The number of pyridine rings is 1. The molecule has 0 unspecified atom stereocenters. The molecule has 3 N–H and O–H groups in total. The molecule has 7 heteroatoms. The summed E-state index contributed by atoms with van der Waals surface area (Å²) >= 11 is 3.00. The minimum absolute atomic E-state index is 0.126. The number of hydrogen-bond acceptors (Lipinski definition) is 3. The van der Waals surface area contributed by atoms with E-state index in [-0.39, 0.29) is 16.5 Å². The lowest BCUT2D eigenvalue weighted by Gasteiger charge is -2.08. The molecule has 0 fully saturated rings. The molecule has 0 saturated carbocycles. The van der Waals surface area contributed by atoms with Crippen molar-refractivity contribution in [3.05, 3.63) is 22.9 Å². The number of hydrogen-bond donors (Lipinski definition) is 2. The highest BCUT2D eigenvalue weighted by Gasteiger charge is 2.19. The lowest BCUT2D eigenvalue weighted by molar-refractivity contribution is 0.0696. The number of rotatable bonds is 3. The first-order chi connectivity index (χ1) is 6.97. The number of halogens is 3. The van der Waals surface area contributed by atoms with Crippen molar-refractivity contribution in [3.8, 4) is 0 Å². The van der Waals surface area contributed by atoms with Crippen molar-refractivity contribution >= 4 is 27.7 Å². The zero-order valence-corrected chi connectivity index (χ0v) is 8.96. The van der Waals surface area contributed by atoms with Gasteiger partial charge in [0.15, 0.2) is 0 Å². The average molecular weight is 281 g/mol. The molecule has 0 spiro atoms. The summed E-state index contributed by atoms with van der Waals surface area (Å²) in [5.74, 6) is -1.68. The standard InChI is InChI=1S/C8H7BrF2N2O2/c9-2-3-1-4(6(10)11)13-7(12)5(3)8(14)15/h1,6H,2H2,(H2,12,13)(H,14,15). The van der Waals surface area contributed by atoms with E-state index in [4.69, 9.17) is 10.8 Å². The third kappa shape index (κ3) is 2.41. The van der Waals surface area contributed by atoms with Crippen LogP contribution in [0.5, 0.6) is 0 Å². The summed E-state index contributed by atoms with van der Waals surface area (Å²) in [6, 6.07) is 1.03. The Hall–Kier alpha value is -1.24. The Morgan fingerprint density at radius 1 is 1.67 bits per heavy atom. The molecule has 0 bridgehead atoms. The van der Waals surface area contributed by atoms with Gasteiger partial charge in [0, 0.05) is 5.33 Å². The number of nitrogens with two attached hydrogens (primary N) is 1. The second-order valence-electron chi connectivity index (χ2n) is 2.71. The van der Waals surface area contributed by atoms with E-state index in [1.54, 1.807) is 0 Å². The van der Waals surface area contributed by atoms with Crippen molar-refractivity contribution in [2.24, 2.45) is 0 Å². The van der Waals surface area contributed by atoms with Crippen molar-refractivity contribution in [3.63, 3.8) is 0 Å². The number of carboxylic acids is 1. The molecule has 1 aromatic heterocycles. The van der Waals surface area contributed by atoms with E-state index in [1.165, 1.54) is 0 Å². The molecule has 1 heterocycles. The first kappa shape index (κ1) is 11.8. The highest BCUT2D eigenvalue weighted by Crippen LogP contribution is 2.24. The van der Waals surface area contributed by atoms with Gasteiger partial charge in [-0.25, -0.2) is 18.6 Å². The van der Waals surface area contributed by atoms with Crippen LogP contribution in [0.2, 0.25) is 0 Å². The van der Waals surface area contributed by atoms with E-state index in [2.05, 4.69) is 20.9 Å². The molecule has 1 rings (SSSR count). The Bertz CT molecular complexity index is 398. The number of nitrogens with zero attached hydrogens (tertiary/aromatic N) is 1. The highest BCUT2D eigenvalue weighted by atomic mass is 79.9. The van der Waals surface area contributed by atoms with Crippen LogP contribution >= 0.6 is 15.9 Å². The largest absolute Gasteiger partial charge is 0.478 e. The van der Waals surface area contributed by atoms with Gasteiger partial charge in [-0.05, 0) is 11.6 Å². The summed E-state index contributed by atoms with van der Waals surface area (Å²) in [5, 5.41) is 8.90. The van der Waals surface area contributed by atoms with Crippen molar-refractivity contribution < 1.29 is 18.7 Å². The molecule has 0 aromatic carbocycles. The molecule has 0 radical (unpaired) electrons. The molecule has 0 aliphatic carbocycles. The van der Waals surface area contributed by atoms with Crippen LogP contribution in [0.25, 0.3) is 0 Å². The number of carbonyl (C=O) groups is 1. The molecule has 82 valence electrons. The van der Waals surface area contributed by atoms with E-state index in [9.17, 15) is 13.6 Å². The van der Waals surface area contributed by atoms with Gasteiger partial charge in [-0.2, -0.15) is 0 Å². The fourth-order valence-corrected chi connectivity index (χ4v) is 1.55. The van der Waals surface area contributed by atoms with E-state index < -0.39 is 23.9 Å². The van der Waals surface area contributed by atoms with Gasteiger partial charge in [-0.15, -0.1) is 0 Å². The van der Waals surface area contributed by atoms with Crippen LogP contribution in [0.3, 0.4) is 0 Å². The second kappa shape index (κ2) is 4.52. The summed E-state index contributed by atoms with van der Waals surface area (Å²) in [6.07, 6.45) is -2.77. The zero-order valence-electron chi connectivity index (χ0n) is 7.38. The summed E-state index contributed by atoms with van der Waals surface area (Å²) in [7, 11) is 0. The fourth-order valence-electron chi connectivity index (χ4n) is 1.11. The van der Waals surface area contributed by atoms with E-state index in [0.717, 1.165) is 6.07 Å². The molecule has 0 amide bonds. The van der Waals surface area contributed by atoms with E-state index in [0.29, 0.717) is 0 Å². The maximum absolute atomic E-state index is 12.3. The molecule has 1 aromatic rings. The van der Waals surface area contributed by atoms with Gasteiger partial charge < -0.3 is 10.8 Å². The number of anilines is 1. The van der Waals surface area contributed by atoms with Crippen LogP contribution < -0.4 is 5.73 Å². The summed E-state index contributed by atoms with van der Waals surface area (Å²) in [6.45, 7) is 0. The van der Waals surface area contributed by atoms with Gasteiger partial charge in [0.2, 0.25) is 0 Å². The predicted molar refractivity (Wildman–Crippen MR) is 53.2 cm³/mol. The molecule has 15 heavy (non-hydrogen) atoms. The third-order valence-electron chi connectivity index (χ3n) is 1.73.